The highest BCUT2D eigenvalue weighted by Crippen LogP contribution is 2.34. The van der Waals surface area contributed by atoms with Crippen LogP contribution in [0.15, 0.2) is 33.5 Å². The molecule has 0 saturated heterocycles. The van der Waals surface area contributed by atoms with Crippen molar-refractivity contribution in [3.8, 4) is 5.75 Å². The Bertz CT molecular complexity index is 584. The summed E-state index contributed by atoms with van der Waals surface area (Å²) in [7, 11) is 1.66. The third kappa shape index (κ3) is 3.55. The fourth-order valence-corrected chi connectivity index (χ4v) is 3.24. The molecule has 1 heterocycles. The number of nitrogens with one attached hydrogen (secondary N) is 1. The Morgan fingerprint density at radius 1 is 1.30 bits per heavy atom. The van der Waals surface area contributed by atoms with Gasteiger partial charge in [0.2, 0.25) is 0 Å². The molecule has 0 fully saturated rings. The van der Waals surface area contributed by atoms with Crippen LogP contribution in [0.1, 0.15) is 19.2 Å². The molecule has 1 aromatic carbocycles. The third-order valence-electron chi connectivity index (χ3n) is 2.94. The SMILES string of the molecule is CCCn1ccnc1CNc1cc(OC)c(Br)cc1Br. The number of nitrogens with zero attached hydrogens (tertiary/aromatic N) is 2. The number of hydrogen-bond acceptors (Lipinski definition) is 3. The smallest absolute Gasteiger partial charge is 0.135 e. The molecule has 0 spiro atoms. The van der Waals surface area contributed by atoms with Crippen molar-refractivity contribution in [2.45, 2.75) is 26.4 Å². The molecule has 2 aromatic rings. The predicted octanol–water partition coefficient (Wildman–Crippen LogP) is 4.44. The fourth-order valence-electron chi connectivity index (χ4n) is 1.95. The molecule has 0 bridgehead atoms. The molecule has 6 heteroatoms. The van der Waals surface area contributed by atoms with Crippen molar-refractivity contribution < 1.29 is 4.74 Å². The Hall–Kier alpha value is -1.01. The molecule has 0 aliphatic carbocycles. The van der Waals surface area contributed by atoms with Crippen molar-refractivity contribution in [2.24, 2.45) is 0 Å². The number of rotatable bonds is 6. The van der Waals surface area contributed by atoms with Crippen LogP contribution in [-0.4, -0.2) is 16.7 Å². The standard InChI is InChI=1S/C14H17Br2N3O/c1-3-5-19-6-4-17-14(19)9-18-12-8-13(20-2)11(16)7-10(12)15/h4,6-8,18H,3,5,9H2,1-2H3. The molecule has 4 nitrogen and oxygen atoms in total. The highest BCUT2D eigenvalue weighted by molar-refractivity contribution is 9.11. The molecule has 1 aromatic heterocycles. The lowest BCUT2D eigenvalue weighted by Gasteiger charge is -2.12. The van der Waals surface area contributed by atoms with Gasteiger partial charge in [-0.15, -0.1) is 0 Å². The van der Waals surface area contributed by atoms with Crippen LogP contribution in [0.2, 0.25) is 0 Å². The van der Waals surface area contributed by atoms with Gasteiger partial charge < -0.3 is 14.6 Å². The minimum Gasteiger partial charge on any atom is -0.495 e. The summed E-state index contributed by atoms with van der Waals surface area (Å²) in [6.07, 6.45) is 4.95. The summed E-state index contributed by atoms with van der Waals surface area (Å²) in [5.74, 6) is 1.83. The maximum Gasteiger partial charge on any atom is 0.135 e. The number of anilines is 1. The van der Waals surface area contributed by atoms with Gasteiger partial charge in [0.15, 0.2) is 0 Å². The Balaban J connectivity index is 2.12. The highest BCUT2D eigenvalue weighted by Gasteiger charge is 2.08. The number of aryl methyl sites for hydroxylation is 1. The van der Waals surface area contributed by atoms with Gasteiger partial charge in [-0.05, 0) is 44.3 Å². The van der Waals surface area contributed by atoms with Gasteiger partial charge in [-0.25, -0.2) is 4.98 Å². The van der Waals surface area contributed by atoms with Crippen LogP contribution in [0.3, 0.4) is 0 Å². The van der Waals surface area contributed by atoms with E-state index in [1.807, 2.05) is 24.5 Å². The van der Waals surface area contributed by atoms with Crippen LogP contribution >= 0.6 is 31.9 Å². The first-order valence-corrected chi connectivity index (χ1v) is 8.01. The fraction of sp³-hybridized carbons (Fsp3) is 0.357. The van der Waals surface area contributed by atoms with Gasteiger partial charge in [0.1, 0.15) is 11.6 Å². The van der Waals surface area contributed by atoms with Crippen molar-refractivity contribution >= 4 is 37.5 Å². The van der Waals surface area contributed by atoms with Crippen molar-refractivity contribution in [3.05, 3.63) is 39.3 Å². The van der Waals surface area contributed by atoms with Gasteiger partial charge in [0.05, 0.1) is 23.8 Å². The second-order valence-electron chi connectivity index (χ2n) is 4.36. The third-order valence-corrected chi connectivity index (χ3v) is 4.22. The average Bonchev–Trinajstić information content (AvgIpc) is 2.86. The van der Waals surface area contributed by atoms with Crippen LogP contribution < -0.4 is 10.1 Å². The summed E-state index contributed by atoms with van der Waals surface area (Å²) in [5, 5.41) is 3.39. The Labute approximate surface area is 135 Å². The van der Waals surface area contributed by atoms with Gasteiger partial charge in [-0.2, -0.15) is 0 Å². The van der Waals surface area contributed by atoms with Gasteiger partial charge in [0, 0.05) is 29.5 Å². The summed E-state index contributed by atoms with van der Waals surface area (Å²) in [4.78, 5) is 4.38. The first-order valence-electron chi connectivity index (χ1n) is 6.42. The van der Waals surface area contributed by atoms with Crippen molar-refractivity contribution in [2.75, 3.05) is 12.4 Å². The normalized spacial score (nSPS) is 10.6. The zero-order chi connectivity index (χ0) is 14.5. The molecule has 20 heavy (non-hydrogen) atoms. The summed E-state index contributed by atoms with van der Waals surface area (Å²) in [6, 6.07) is 3.93. The lowest BCUT2D eigenvalue weighted by atomic mass is 10.3. The van der Waals surface area contributed by atoms with Gasteiger partial charge in [0.25, 0.3) is 0 Å². The van der Waals surface area contributed by atoms with Crippen molar-refractivity contribution in [1.29, 1.82) is 0 Å². The number of imidazole rings is 1. The monoisotopic (exact) mass is 401 g/mol. The van der Waals surface area contributed by atoms with Crippen LogP contribution in [0.25, 0.3) is 0 Å². The number of aromatic nitrogens is 2. The molecule has 108 valence electrons. The van der Waals surface area contributed by atoms with E-state index in [2.05, 4.69) is 53.7 Å². The lowest BCUT2D eigenvalue weighted by Crippen LogP contribution is -2.08. The summed E-state index contributed by atoms with van der Waals surface area (Å²) >= 11 is 7.01. The van der Waals surface area contributed by atoms with Gasteiger partial charge >= 0.3 is 0 Å². The number of methoxy groups -OCH3 is 1. The molecule has 1 N–H and O–H groups in total. The minimum atomic E-state index is 0.677. The summed E-state index contributed by atoms with van der Waals surface area (Å²) in [6.45, 7) is 3.83. The van der Waals surface area contributed by atoms with E-state index in [0.717, 1.165) is 39.2 Å². The van der Waals surface area contributed by atoms with Gasteiger partial charge in [-0.3, -0.25) is 0 Å². The summed E-state index contributed by atoms with van der Waals surface area (Å²) in [5.41, 5.74) is 0.982. The molecule has 0 aliphatic rings. The second-order valence-corrected chi connectivity index (χ2v) is 6.07. The van der Waals surface area contributed by atoms with E-state index < -0.39 is 0 Å². The molecule has 0 atom stereocenters. The van der Waals surface area contributed by atoms with Crippen LogP contribution in [0, 0.1) is 0 Å². The Morgan fingerprint density at radius 3 is 2.80 bits per heavy atom. The lowest BCUT2D eigenvalue weighted by molar-refractivity contribution is 0.412. The molecule has 0 radical (unpaired) electrons. The molecule has 2 rings (SSSR count). The first kappa shape index (κ1) is 15.4. The van der Waals surface area contributed by atoms with Crippen molar-refractivity contribution in [3.63, 3.8) is 0 Å². The van der Waals surface area contributed by atoms with Crippen molar-refractivity contribution in [1.82, 2.24) is 9.55 Å². The summed E-state index contributed by atoms with van der Waals surface area (Å²) < 4.78 is 9.38. The minimum absolute atomic E-state index is 0.677. The average molecular weight is 403 g/mol. The molecule has 0 aliphatic heterocycles. The van der Waals surface area contributed by atoms with Crippen LogP contribution in [0.4, 0.5) is 5.69 Å². The number of benzene rings is 1. The van der Waals surface area contributed by atoms with E-state index in [1.165, 1.54) is 0 Å². The van der Waals surface area contributed by atoms with Gasteiger partial charge in [-0.1, -0.05) is 6.92 Å². The van der Waals surface area contributed by atoms with E-state index >= 15 is 0 Å². The number of halogens is 2. The first-order chi connectivity index (χ1) is 9.65. The quantitative estimate of drug-likeness (QED) is 0.776. The topological polar surface area (TPSA) is 39.1 Å². The largest absolute Gasteiger partial charge is 0.495 e. The second kappa shape index (κ2) is 7.13. The van der Waals surface area contributed by atoms with Crippen LogP contribution in [-0.2, 0) is 13.1 Å². The molecule has 0 unspecified atom stereocenters. The van der Waals surface area contributed by atoms with E-state index in [9.17, 15) is 0 Å². The number of ether oxygens (including phenoxy) is 1. The molecule has 0 amide bonds. The van der Waals surface area contributed by atoms with E-state index in [-0.39, 0.29) is 0 Å². The highest BCUT2D eigenvalue weighted by atomic mass is 79.9. The Kier molecular flexibility index (Phi) is 5.48. The van der Waals surface area contributed by atoms with Crippen LogP contribution in [0.5, 0.6) is 5.75 Å². The zero-order valence-corrected chi connectivity index (χ0v) is 14.7. The zero-order valence-electron chi connectivity index (χ0n) is 11.5. The molecule has 0 saturated carbocycles. The van der Waals surface area contributed by atoms with E-state index in [1.54, 1.807) is 7.11 Å². The molecular formula is C14H17Br2N3O. The Morgan fingerprint density at radius 2 is 2.10 bits per heavy atom. The number of hydrogen-bond donors (Lipinski definition) is 1. The molecular weight excluding hydrogens is 386 g/mol. The van der Waals surface area contributed by atoms with E-state index in [4.69, 9.17) is 4.74 Å². The maximum atomic E-state index is 5.31. The van der Waals surface area contributed by atoms with E-state index in [0.29, 0.717) is 6.54 Å². The maximum absolute atomic E-state index is 5.31. The predicted molar refractivity (Wildman–Crippen MR) is 88.2 cm³/mol.